The summed E-state index contributed by atoms with van der Waals surface area (Å²) in [4.78, 5) is 11.4. The third-order valence-electron chi connectivity index (χ3n) is 5.13. The van der Waals surface area contributed by atoms with E-state index in [-0.39, 0.29) is 0 Å². The topological polar surface area (TPSA) is 65.3 Å². The number of benzene rings is 1. The first-order valence-electron chi connectivity index (χ1n) is 10.3. The first-order valence-corrected chi connectivity index (χ1v) is 14.4. The molecule has 3 heterocycles. The van der Waals surface area contributed by atoms with E-state index in [4.69, 9.17) is 26.2 Å². The van der Waals surface area contributed by atoms with Crippen LogP contribution in [0.5, 0.6) is 0 Å². The second-order valence-corrected chi connectivity index (χ2v) is 14.8. The van der Waals surface area contributed by atoms with Gasteiger partial charge in [-0.05, 0) is 18.2 Å². The summed E-state index contributed by atoms with van der Waals surface area (Å²) in [5.41, 5.74) is 2.54. The van der Waals surface area contributed by atoms with Crippen LogP contribution in [0.1, 0.15) is 0 Å². The van der Waals surface area contributed by atoms with E-state index < -0.39 is 8.07 Å². The van der Waals surface area contributed by atoms with Crippen LogP contribution < -0.4 is 4.90 Å². The van der Waals surface area contributed by atoms with Crippen LogP contribution in [-0.4, -0.2) is 60.7 Å². The maximum atomic E-state index is 6.27. The van der Waals surface area contributed by atoms with Gasteiger partial charge in [0, 0.05) is 38.4 Å². The highest BCUT2D eigenvalue weighted by Crippen LogP contribution is 2.34. The van der Waals surface area contributed by atoms with Crippen molar-refractivity contribution in [2.24, 2.45) is 0 Å². The predicted molar refractivity (Wildman–Crippen MR) is 123 cm³/mol. The van der Waals surface area contributed by atoms with Crippen LogP contribution >= 0.6 is 11.6 Å². The number of halogens is 1. The first kappa shape index (κ1) is 21.2. The van der Waals surface area contributed by atoms with Crippen molar-refractivity contribution in [2.75, 3.05) is 37.8 Å². The molecule has 4 rings (SSSR count). The van der Waals surface area contributed by atoms with E-state index in [2.05, 4.69) is 34.5 Å². The number of aromatic nitrogens is 4. The molecule has 1 aromatic carbocycles. The lowest BCUT2D eigenvalue weighted by molar-refractivity contribution is 0.0814. The Balaban J connectivity index is 1.73. The Morgan fingerprint density at radius 2 is 1.97 bits per heavy atom. The number of hydrogen-bond donors (Lipinski definition) is 0. The minimum Gasteiger partial charge on any atom is -0.378 e. The van der Waals surface area contributed by atoms with E-state index in [0.717, 1.165) is 53.8 Å². The Morgan fingerprint density at radius 3 is 2.70 bits per heavy atom. The monoisotopic (exact) mass is 445 g/mol. The van der Waals surface area contributed by atoms with E-state index in [9.17, 15) is 0 Å². The quantitative estimate of drug-likeness (QED) is 0.399. The molecule has 0 spiro atoms. The number of hydrogen-bond acceptors (Lipinski definition) is 6. The van der Waals surface area contributed by atoms with Crippen LogP contribution in [-0.2, 0) is 16.2 Å². The van der Waals surface area contributed by atoms with Crippen LogP contribution in [0.2, 0.25) is 30.7 Å². The Bertz CT molecular complexity index is 1010. The molecule has 0 radical (unpaired) electrons. The molecule has 1 saturated heterocycles. The highest BCUT2D eigenvalue weighted by atomic mass is 35.5. The minimum atomic E-state index is -1.15. The van der Waals surface area contributed by atoms with E-state index in [0.29, 0.717) is 25.0 Å². The van der Waals surface area contributed by atoms with Crippen molar-refractivity contribution in [2.45, 2.75) is 32.4 Å². The second kappa shape index (κ2) is 9.01. The standard InChI is InChI=1S/C21H28ClN5O2Si/c1-30(2,3)12-11-29-15-27-21-18(19(25-27)16-5-4-6-17(22)13-16)20(23-14-24-21)26-7-9-28-10-8-26/h4-6,13-14H,7-12,15H2,1-3H3. The van der Waals surface area contributed by atoms with Gasteiger partial charge in [0.1, 0.15) is 24.6 Å². The van der Waals surface area contributed by atoms with Gasteiger partial charge in [-0.2, -0.15) is 5.10 Å². The number of morpholine rings is 1. The van der Waals surface area contributed by atoms with Crippen molar-refractivity contribution in [3.63, 3.8) is 0 Å². The van der Waals surface area contributed by atoms with Crippen LogP contribution in [0.3, 0.4) is 0 Å². The normalized spacial score (nSPS) is 15.1. The predicted octanol–water partition coefficient (Wildman–Crippen LogP) is 4.30. The molecular formula is C21H28ClN5O2Si. The molecule has 2 aromatic heterocycles. The molecule has 3 aromatic rings. The van der Waals surface area contributed by atoms with Gasteiger partial charge in [0.25, 0.3) is 0 Å². The highest BCUT2D eigenvalue weighted by molar-refractivity contribution is 6.76. The molecular weight excluding hydrogens is 418 g/mol. The zero-order valence-corrected chi connectivity index (χ0v) is 19.5. The van der Waals surface area contributed by atoms with Crippen molar-refractivity contribution in [3.8, 4) is 11.3 Å². The molecule has 0 amide bonds. The smallest absolute Gasteiger partial charge is 0.166 e. The molecule has 0 aliphatic carbocycles. The van der Waals surface area contributed by atoms with Crippen molar-refractivity contribution in [1.82, 2.24) is 19.7 Å². The molecule has 1 aliphatic heterocycles. The molecule has 30 heavy (non-hydrogen) atoms. The number of fused-ring (bicyclic) bond motifs is 1. The SMILES string of the molecule is C[Si](C)(C)CCOCn1nc(-c2cccc(Cl)c2)c2c(N3CCOCC3)ncnc21. The van der Waals surface area contributed by atoms with Gasteiger partial charge in [0.15, 0.2) is 5.65 Å². The summed E-state index contributed by atoms with van der Waals surface area (Å²) in [5.74, 6) is 0.881. The lowest BCUT2D eigenvalue weighted by Gasteiger charge is -2.28. The number of anilines is 1. The summed E-state index contributed by atoms with van der Waals surface area (Å²) in [6.07, 6.45) is 1.61. The summed E-state index contributed by atoms with van der Waals surface area (Å²) in [7, 11) is -1.15. The van der Waals surface area contributed by atoms with Gasteiger partial charge in [-0.15, -0.1) is 0 Å². The van der Waals surface area contributed by atoms with Crippen molar-refractivity contribution in [3.05, 3.63) is 35.6 Å². The average molecular weight is 446 g/mol. The summed E-state index contributed by atoms with van der Waals surface area (Å²) < 4.78 is 13.3. The summed E-state index contributed by atoms with van der Waals surface area (Å²) >= 11 is 6.27. The van der Waals surface area contributed by atoms with Crippen LogP contribution in [0.25, 0.3) is 22.3 Å². The molecule has 0 bridgehead atoms. The maximum Gasteiger partial charge on any atom is 0.166 e. The molecule has 1 fully saturated rings. The summed E-state index contributed by atoms with van der Waals surface area (Å²) in [6.45, 7) is 11.1. The Hall–Kier alpha value is -2.00. The maximum absolute atomic E-state index is 6.27. The number of rotatable bonds is 7. The Kier molecular flexibility index (Phi) is 6.38. The van der Waals surface area contributed by atoms with Gasteiger partial charge in [-0.25, -0.2) is 14.6 Å². The Labute approximate surface area is 183 Å². The molecule has 9 heteroatoms. The van der Waals surface area contributed by atoms with E-state index in [1.165, 1.54) is 0 Å². The van der Waals surface area contributed by atoms with Crippen molar-refractivity contribution >= 4 is 36.5 Å². The van der Waals surface area contributed by atoms with Gasteiger partial charge in [-0.1, -0.05) is 43.4 Å². The van der Waals surface area contributed by atoms with Crippen LogP contribution in [0.4, 0.5) is 5.82 Å². The van der Waals surface area contributed by atoms with E-state index >= 15 is 0 Å². The van der Waals surface area contributed by atoms with Gasteiger partial charge in [-0.3, -0.25) is 0 Å². The largest absolute Gasteiger partial charge is 0.378 e. The second-order valence-electron chi connectivity index (χ2n) is 8.70. The van der Waals surface area contributed by atoms with Gasteiger partial charge in [0.05, 0.1) is 18.6 Å². The molecule has 0 unspecified atom stereocenters. The fourth-order valence-corrected chi connectivity index (χ4v) is 4.41. The molecule has 7 nitrogen and oxygen atoms in total. The van der Waals surface area contributed by atoms with Crippen LogP contribution in [0, 0.1) is 0 Å². The van der Waals surface area contributed by atoms with Crippen molar-refractivity contribution in [1.29, 1.82) is 0 Å². The molecule has 1 aliphatic rings. The lowest BCUT2D eigenvalue weighted by Crippen LogP contribution is -2.36. The zero-order valence-electron chi connectivity index (χ0n) is 17.8. The van der Waals surface area contributed by atoms with Crippen molar-refractivity contribution < 1.29 is 9.47 Å². The lowest BCUT2D eigenvalue weighted by atomic mass is 10.1. The Morgan fingerprint density at radius 1 is 1.17 bits per heavy atom. The van der Waals surface area contributed by atoms with Gasteiger partial charge < -0.3 is 14.4 Å². The van der Waals surface area contributed by atoms with E-state index in [1.54, 1.807) is 6.33 Å². The number of nitrogens with zero attached hydrogens (tertiary/aromatic N) is 5. The minimum absolute atomic E-state index is 0.362. The van der Waals surface area contributed by atoms with E-state index in [1.807, 2.05) is 28.9 Å². The molecule has 0 N–H and O–H groups in total. The molecule has 160 valence electrons. The average Bonchev–Trinajstić information content (AvgIpc) is 3.10. The first-order chi connectivity index (χ1) is 14.4. The summed E-state index contributed by atoms with van der Waals surface area (Å²) in [6, 6.07) is 8.85. The third kappa shape index (κ3) is 4.83. The third-order valence-corrected chi connectivity index (χ3v) is 7.07. The highest BCUT2D eigenvalue weighted by Gasteiger charge is 2.23. The van der Waals surface area contributed by atoms with Crippen LogP contribution in [0.15, 0.2) is 30.6 Å². The number of ether oxygens (including phenoxy) is 2. The molecule has 0 saturated carbocycles. The summed E-state index contributed by atoms with van der Waals surface area (Å²) in [5, 5.41) is 6.47. The molecule has 0 atom stereocenters. The zero-order chi connectivity index (χ0) is 21.1. The van der Waals surface area contributed by atoms with Gasteiger partial charge >= 0.3 is 0 Å². The fourth-order valence-electron chi connectivity index (χ4n) is 3.47. The van der Waals surface area contributed by atoms with Gasteiger partial charge in [0.2, 0.25) is 0 Å². The fraction of sp³-hybridized carbons (Fsp3) is 0.476.